The van der Waals surface area contributed by atoms with Crippen molar-refractivity contribution in [2.75, 3.05) is 5.32 Å². The maximum atomic E-state index is 12.8. The van der Waals surface area contributed by atoms with E-state index in [1.807, 2.05) is 24.6 Å². The van der Waals surface area contributed by atoms with Crippen LogP contribution >= 0.6 is 0 Å². The van der Waals surface area contributed by atoms with E-state index in [2.05, 4.69) is 20.5 Å². The van der Waals surface area contributed by atoms with Gasteiger partial charge in [0, 0.05) is 32.4 Å². The van der Waals surface area contributed by atoms with Gasteiger partial charge in [-0.15, -0.1) is 10.2 Å². The molecule has 28 heavy (non-hydrogen) atoms. The molecule has 0 spiro atoms. The van der Waals surface area contributed by atoms with Gasteiger partial charge in [-0.2, -0.15) is 13.2 Å². The number of hydrogen-bond donors (Lipinski definition) is 1. The molecule has 0 saturated heterocycles. The van der Waals surface area contributed by atoms with Crippen molar-refractivity contribution in [2.24, 2.45) is 14.1 Å². The van der Waals surface area contributed by atoms with E-state index >= 15 is 0 Å². The third-order valence-electron chi connectivity index (χ3n) is 4.38. The lowest BCUT2D eigenvalue weighted by Gasteiger charge is -2.13. The van der Waals surface area contributed by atoms with Gasteiger partial charge in [0.25, 0.3) is 5.91 Å². The minimum Gasteiger partial charge on any atom is -0.329 e. The normalized spacial score (nSPS) is 12.8. The summed E-state index contributed by atoms with van der Waals surface area (Å²) < 4.78 is 41.2. The van der Waals surface area contributed by atoms with Crippen molar-refractivity contribution in [1.82, 2.24) is 24.3 Å². The Balaban J connectivity index is 1.75. The standard InChI is InChI=1S/C18H19F3N6O/c1-11(7-15-25-22-10-27(15)3)12-5-4-6-13(8-12)23-17(28)16-24-14(9-26(16)2)18(19,20)21/h4-6,8-11H,7H2,1-3H3,(H,23,28)/t11-/m1/s1. The molecule has 2 heterocycles. The van der Waals surface area contributed by atoms with Crippen LogP contribution in [-0.2, 0) is 26.7 Å². The molecule has 0 aliphatic carbocycles. The topological polar surface area (TPSA) is 77.6 Å². The van der Waals surface area contributed by atoms with Crippen LogP contribution in [0.3, 0.4) is 0 Å². The molecule has 1 aromatic carbocycles. The van der Waals surface area contributed by atoms with Gasteiger partial charge >= 0.3 is 6.18 Å². The van der Waals surface area contributed by atoms with Crippen LogP contribution in [0.1, 0.15) is 40.5 Å². The summed E-state index contributed by atoms with van der Waals surface area (Å²) in [6, 6.07) is 7.15. The molecule has 148 valence electrons. The summed E-state index contributed by atoms with van der Waals surface area (Å²) in [5, 5.41) is 10.5. The maximum Gasteiger partial charge on any atom is 0.434 e. The minimum absolute atomic E-state index is 0.102. The zero-order valence-electron chi connectivity index (χ0n) is 15.5. The molecule has 0 aliphatic heterocycles. The lowest BCUT2D eigenvalue weighted by molar-refractivity contribution is -0.141. The van der Waals surface area contributed by atoms with Crippen LogP contribution in [-0.4, -0.2) is 30.2 Å². The number of aryl methyl sites for hydroxylation is 2. The number of halogens is 3. The van der Waals surface area contributed by atoms with Crippen molar-refractivity contribution in [1.29, 1.82) is 0 Å². The first-order valence-corrected chi connectivity index (χ1v) is 8.50. The molecule has 3 aromatic rings. The van der Waals surface area contributed by atoms with E-state index in [-0.39, 0.29) is 11.7 Å². The average molecular weight is 392 g/mol. The van der Waals surface area contributed by atoms with E-state index in [9.17, 15) is 18.0 Å². The highest BCUT2D eigenvalue weighted by molar-refractivity contribution is 6.01. The number of aromatic nitrogens is 5. The number of amides is 1. The fourth-order valence-corrected chi connectivity index (χ4v) is 2.81. The van der Waals surface area contributed by atoms with E-state index < -0.39 is 17.8 Å². The van der Waals surface area contributed by atoms with Crippen LogP contribution < -0.4 is 5.32 Å². The Hall–Kier alpha value is -3.17. The summed E-state index contributed by atoms with van der Waals surface area (Å²) in [4.78, 5) is 15.8. The van der Waals surface area contributed by atoms with E-state index in [0.29, 0.717) is 12.1 Å². The van der Waals surface area contributed by atoms with Gasteiger partial charge < -0.3 is 14.5 Å². The fraction of sp³-hybridized carbons (Fsp3) is 0.333. The SMILES string of the molecule is C[C@H](Cc1nncn1C)c1cccc(NC(=O)c2nc(C(F)(F)F)cn2C)c1. The van der Waals surface area contributed by atoms with Gasteiger partial charge in [-0.1, -0.05) is 19.1 Å². The zero-order valence-corrected chi connectivity index (χ0v) is 15.5. The summed E-state index contributed by atoms with van der Waals surface area (Å²) in [7, 11) is 3.21. The summed E-state index contributed by atoms with van der Waals surface area (Å²) in [5.41, 5.74) is 0.326. The molecule has 0 unspecified atom stereocenters. The molecule has 3 rings (SSSR count). The Morgan fingerprint density at radius 2 is 2.00 bits per heavy atom. The first kappa shape index (κ1) is 19.6. The van der Waals surface area contributed by atoms with Gasteiger partial charge in [0.05, 0.1) is 0 Å². The Labute approximate surface area is 159 Å². The molecular weight excluding hydrogens is 373 g/mol. The number of rotatable bonds is 5. The molecule has 7 nitrogen and oxygen atoms in total. The van der Waals surface area contributed by atoms with Gasteiger partial charge in [-0.05, 0) is 23.6 Å². The number of carbonyl (C=O) groups excluding carboxylic acids is 1. The first-order valence-electron chi connectivity index (χ1n) is 8.50. The highest BCUT2D eigenvalue weighted by Crippen LogP contribution is 2.28. The predicted octanol–water partition coefficient (Wildman–Crippen LogP) is 3.17. The van der Waals surface area contributed by atoms with Gasteiger partial charge in [-0.25, -0.2) is 4.98 Å². The van der Waals surface area contributed by atoms with Gasteiger partial charge in [-0.3, -0.25) is 4.79 Å². The third kappa shape index (κ3) is 4.21. The number of carbonyl (C=O) groups is 1. The number of alkyl halides is 3. The fourth-order valence-electron chi connectivity index (χ4n) is 2.81. The van der Waals surface area contributed by atoms with Crippen molar-refractivity contribution in [3.05, 3.63) is 59.7 Å². The molecule has 1 N–H and O–H groups in total. The molecule has 0 saturated carbocycles. The van der Waals surface area contributed by atoms with E-state index in [1.165, 1.54) is 7.05 Å². The van der Waals surface area contributed by atoms with Gasteiger partial charge in [0.15, 0.2) is 11.5 Å². The quantitative estimate of drug-likeness (QED) is 0.724. The van der Waals surface area contributed by atoms with Crippen molar-refractivity contribution in [3.63, 3.8) is 0 Å². The number of imidazole rings is 1. The lowest BCUT2D eigenvalue weighted by Crippen LogP contribution is -2.17. The molecule has 0 aliphatic rings. The smallest absolute Gasteiger partial charge is 0.329 e. The molecule has 1 atom stereocenters. The Bertz CT molecular complexity index is 991. The van der Waals surface area contributed by atoms with Crippen molar-refractivity contribution in [3.8, 4) is 0 Å². The number of nitrogens with zero attached hydrogens (tertiary/aromatic N) is 5. The van der Waals surface area contributed by atoms with Crippen molar-refractivity contribution >= 4 is 11.6 Å². The zero-order chi connectivity index (χ0) is 20.5. The Morgan fingerprint density at radius 1 is 1.25 bits per heavy atom. The monoisotopic (exact) mass is 392 g/mol. The van der Waals surface area contributed by atoms with E-state index in [1.54, 1.807) is 24.5 Å². The Kier molecular flexibility index (Phi) is 5.21. The van der Waals surface area contributed by atoms with Gasteiger partial charge in [0.1, 0.15) is 12.2 Å². The second-order valence-electron chi connectivity index (χ2n) is 6.60. The molecular formula is C18H19F3N6O. The van der Waals surface area contributed by atoms with Crippen LogP contribution in [0.4, 0.5) is 18.9 Å². The number of anilines is 1. The van der Waals surface area contributed by atoms with Crippen LogP contribution in [0, 0.1) is 0 Å². The van der Waals surface area contributed by atoms with Crippen LogP contribution in [0.5, 0.6) is 0 Å². The molecule has 2 aromatic heterocycles. The molecule has 0 bridgehead atoms. The Morgan fingerprint density at radius 3 is 2.61 bits per heavy atom. The maximum absolute atomic E-state index is 12.8. The first-order chi connectivity index (χ1) is 13.1. The summed E-state index contributed by atoms with van der Waals surface area (Å²) >= 11 is 0. The van der Waals surface area contributed by atoms with E-state index in [4.69, 9.17) is 0 Å². The molecule has 10 heteroatoms. The third-order valence-corrected chi connectivity index (χ3v) is 4.38. The largest absolute Gasteiger partial charge is 0.434 e. The molecule has 1 amide bonds. The minimum atomic E-state index is -4.61. The second-order valence-corrected chi connectivity index (χ2v) is 6.60. The van der Waals surface area contributed by atoms with E-state index in [0.717, 1.165) is 22.2 Å². The lowest BCUT2D eigenvalue weighted by atomic mass is 9.97. The average Bonchev–Trinajstić information content (AvgIpc) is 3.21. The number of benzene rings is 1. The number of hydrogen-bond acceptors (Lipinski definition) is 4. The second kappa shape index (κ2) is 7.45. The highest BCUT2D eigenvalue weighted by Gasteiger charge is 2.35. The van der Waals surface area contributed by atoms with Crippen LogP contribution in [0.15, 0.2) is 36.8 Å². The van der Waals surface area contributed by atoms with Crippen LogP contribution in [0.2, 0.25) is 0 Å². The summed E-state index contributed by atoms with van der Waals surface area (Å²) in [6.07, 6.45) is -1.54. The highest BCUT2D eigenvalue weighted by atomic mass is 19.4. The van der Waals surface area contributed by atoms with Crippen molar-refractivity contribution < 1.29 is 18.0 Å². The predicted molar refractivity (Wildman–Crippen MR) is 95.7 cm³/mol. The molecule has 0 fully saturated rings. The number of nitrogens with one attached hydrogen (secondary N) is 1. The van der Waals surface area contributed by atoms with Crippen molar-refractivity contribution in [2.45, 2.75) is 25.4 Å². The molecule has 0 radical (unpaired) electrons. The summed E-state index contributed by atoms with van der Waals surface area (Å²) in [5.74, 6) is -0.0969. The van der Waals surface area contributed by atoms with Gasteiger partial charge in [0.2, 0.25) is 0 Å². The summed E-state index contributed by atoms with van der Waals surface area (Å²) in [6.45, 7) is 2.02. The van der Waals surface area contributed by atoms with Crippen LogP contribution in [0.25, 0.3) is 0 Å².